The molecule has 0 radical (unpaired) electrons. The SMILES string of the molecule is CCCNC(=O)[C@H](C)N(Cc1c(Cl)cccc1Cl)C(=O)COc1cc(C)c(Cl)c(C)c1. The maximum Gasteiger partial charge on any atom is 0.261 e. The lowest BCUT2D eigenvalue weighted by atomic mass is 10.1. The van der Waals surface area contributed by atoms with Crippen molar-refractivity contribution in [3.63, 3.8) is 0 Å². The summed E-state index contributed by atoms with van der Waals surface area (Å²) < 4.78 is 5.73. The van der Waals surface area contributed by atoms with E-state index in [1.807, 2.05) is 20.8 Å². The van der Waals surface area contributed by atoms with Gasteiger partial charge in [-0.05, 0) is 62.6 Å². The number of nitrogens with zero attached hydrogens (tertiary/aromatic N) is 1. The standard InChI is InChI=1S/C23H27Cl3N2O3/c1-5-9-27-23(30)16(4)28(12-18-19(24)7-6-8-20(18)25)21(29)13-31-17-10-14(2)22(26)15(3)11-17/h6-8,10-11,16H,5,9,12-13H2,1-4H3,(H,27,30)/t16-/m0/s1. The summed E-state index contributed by atoms with van der Waals surface area (Å²) in [5, 5.41) is 4.34. The molecule has 0 aromatic heterocycles. The molecule has 8 heteroatoms. The lowest BCUT2D eigenvalue weighted by molar-refractivity contribution is -0.142. The Morgan fingerprint density at radius 2 is 1.68 bits per heavy atom. The van der Waals surface area contributed by atoms with Gasteiger partial charge in [0.1, 0.15) is 11.8 Å². The molecule has 0 spiro atoms. The van der Waals surface area contributed by atoms with E-state index in [0.717, 1.165) is 17.5 Å². The van der Waals surface area contributed by atoms with E-state index in [1.165, 1.54) is 4.90 Å². The Labute approximate surface area is 198 Å². The molecule has 0 aliphatic carbocycles. The van der Waals surface area contributed by atoms with Crippen LogP contribution in [0.5, 0.6) is 5.75 Å². The Morgan fingerprint density at radius 3 is 2.23 bits per heavy atom. The van der Waals surface area contributed by atoms with Crippen molar-refractivity contribution in [3.8, 4) is 5.75 Å². The summed E-state index contributed by atoms with van der Waals surface area (Å²) >= 11 is 18.8. The first kappa shape index (κ1) is 25.3. The molecular formula is C23H27Cl3N2O3. The maximum atomic E-state index is 13.1. The minimum absolute atomic E-state index is 0.0834. The fraction of sp³-hybridized carbons (Fsp3) is 0.391. The summed E-state index contributed by atoms with van der Waals surface area (Å²) in [5.74, 6) is -0.0801. The van der Waals surface area contributed by atoms with Crippen molar-refractivity contribution in [2.75, 3.05) is 13.2 Å². The van der Waals surface area contributed by atoms with Crippen LogP contribution < -0.4 is 10.1 Å². The fourth-order valence-electron chi connectivity index (χ4n) is 3.05. The van der Waals surface area contributed by atoms with Crippen LogP contribution in [0.1, 0.15) is 37.0 Å². The van der Waals surface area contributed by atoms with Crippen molar-refractivity contribution in [1.82, 2.24) is 10.2 Å². The Kier molecular flexibility index (Phi) is 9.48. The lowest BCUT2D eigenvalue weighted by Gasteiger charge is -2.29. The van der Waals surface area contributed by atoms with Crippen LogP contribution >= 0.6 is 34.8 Å². The zero-order valence-electron chi connectivity index (χ0n) is 18.1. The number of benzene rings is 2. The molecule has 2 aromatic carbocycles. The number of ether oxygens (including phenoxy) is 1. The maximum absolute atomic E-state index is 13.1. The van der Waals surface area contributed by atoms with Crippen LogP contribution in [-0.4, -0.2) is 35.9 Å². The molecule has 2 amide bonds. The third-order valence-electron chi connectivity index (χ3n) is 4.88. The van der Waals surface area contributed by atoms with E-state index >= 15 is 0 Å². The molecule has 1 atom stereocenters. The monoisotopic (exact) mass is 484 g/mol. The number of nitrogens with one attached hydrogen (secondary N) is 1. The summed E-state index contributed by atoms with van der Waals surface area (Å²) in [6, 6.07) is 7.94. The van der Waals surface area contributed by atoms with E-state index in [0.29, 0.717) is 32.9 Å². The first-order valence-corrected chi connectivity index (χ1v) is 11.2. The number of halogens is 3. The van der Waals surface area contributed by atoms with Crippen molar-refractivity contribution < 1.29 is 14.3 Å². The number of amides is 2. The van der Waals surface area contributed by atoms with E-state index in [1.54, 1.807) is 37.3 Å². The van der Waals surface area contributed by atoms with Crippen molar-refractivity contribution in [1.29, 1.82) is 0 Å². The molecule has 0 saturated carbocycles. The van der Waals surface area contributed by atoms with E-state index in [4.69, 9.17) is 39.5 Å². The first-order valence-electron chi connectivity index (χ1n) is 10.0. The summed E-state index contributed by atoms with van der Waals surface area (Å²) in [6.07, 6.45) is 0.793. The minimum Gasteiger partial charge on any atom is -0.484 e. The number of aryl methyl sites for hydroxylation is 2. The van der Waals surface area contributed by atoms with Gasteiger partial charge in [0.05, 0.1) is 0 Å². The second-order valence-corrected chi connectivity index (χ2v) is 8.54. The molecule has 0 saturated heterocycles. The van der Waals surface area contributed by atoms with E-state index in [9.17, 15) is 9.59 Å². The summed E-state index contributed by atoms with van der Waals surface area (Å²) in [4.78, 5) is 27.1. The summed E-state index contributed by atoms with van der Waals surface area (Å²) in [7, 11) is 0. The third-order valence-corrected chi connectivity index (χ3v) is 6.18. The third kappa shape index (κ3) is 6.76. The first-order chi connectivity index (χ1) is 14.6. The molecule has 0 unspecified atom stereocenters. The Morgan fingerprint density at radius 1 is 1.10 bits per heavy atom. The molecule has 0 aliphatic rings. The average Bonchev–Trinajstić information content (AvgIpc) is 2.73. The van der Waals surface area contributed by atoms with Gasteiger partial charge in [0.15, 0.2) is 6.61 Å². The molecule has 0 fully saturated rings. The van der Waals surface area contributed by atoms with Crippen LogP contribution in [0.15, 0.2) is 30.3 Å². The van der Waals surface area contributed by atoms with Gasteiger partial charge < -0.3 is 15.0 Å². The van der Waals surface area contributed by atoms with Gasteiger partial charge in [0.2, 0.25) is 5.91 Å². The fourth-order valence-corrected chi connectivity index (χ4v) is 3.68. The number of hydrogen-bond acceptors (Lipinski definition) is 3. The predicted octanol–water partition coefficient (Wildman–Crippen LogP) is 5.59. The largest absolute Gasteiger partial charge is 0.484 e. The van der Waals surface area contributed by atoms with Gasteiger partial charge in [-0.15, -0.1) is 0 Å². The van der Waals surface area contributed by atoms with Gasteiger partial charge in [-0.2, -0.15) is 0 Å². The quantitative estimate of drug-likeness (QED) is 0.504. The highest BCUT2D eigenvalue weighted by Gasteiger charge is 2.27. The number of rotatable bonds is 9. The molecule has 2 rings (SSSR count). The molecule has 0 aliphatic heterocycles. The van der Waals surface area contributed by atoms with E-state index in [-0.39, 0.29) is 25.0 Å². The van der Waals surface area contributed by atoms with Crippen LogP contribution in [0.3, 0.4) is 0 Å². The topological polar surface area (TPSA) is 58.6 Å². The van der Waals surface area contributed by atoms with Crippen molar-refractivity contribution in [2.45, 2.75) is 46.7 Å². The van der Waals surface area contributed by atoms with Gasteiger partial charge >= 0.3 is 0 Å². The molecule has 0 heterocycles. The zero-order valence-corrected chi connectivity index (χ0v) is 20.4. The minimum atomic E-state index is -0.733. The summed E-state index contributed by atoms with van der Waals surface area (Å²) in [5.41, 5.74) is 2.29. The van der Waals surface area contributed by atoms with Crippen molar-refractivity contribution >= 4 is 46.6 Å². The lowest BCUT2D eigenvalue weighted by Crippen LogP contribution is -2.49. The van der Waals surface area contributed by atoms with Gasteiger partial charge in [-0.25, -0.2) is 0 Å². The number of hydrogen-bond donors (Lipinski definition) is 1. The molecule has 2 aromatic rings. The average molecular weight is 486 g/mol. The normalized spacial score (nSPS) is 11.7. The highest BCUT2D eigenvalue weighted by molar-refractivity contribution is 6.36. The number of carbonyl (C=O) groups is 2. The highest BCUT2D eigenvalue weighted by Crippen LogP contribution is 2.28. The van der Waals surface area contributed by atoms with Crippen LogP contribution in [-0.2, 0) is 16.1 Å². The molecular weight excluding hydrogens is 459 g/mol. The van der Waals surface area contributed by atoms with Gasteiger partial charge in [0, 0.05) is 33.7 Å². The summed E-state index contributed by atoms with van der Waals surface area (Å²) in [6.45, 7) is 7.74. The second-order valence-electron chi connectivity index (χ2n) is 7.35. The van der Waals surface area contributed by atoms with Gasteiger partial charge in [-0.3, -0.25) is 9.59 Å². The Bertz CT molecular complexity index is 906. The van der Waals surface area contributed by atoms with Gasteiger partial charge in [-0.1, -0.05) is 47.8 Å². The Hall–Kier alpha value is -1.95. The highest BCUT2D eigenvalue weighted by atomic mass is 35.5. The van der Waals surface area contributed by atoms with Gasteiger partial charge in [0.25, 0.3) is 5.91 Å². The van der Waals surface area contributed by atoms with E-state index in [2.05, 4.69) is 5.32 Å². The van der Waals surface area contributed by atoms with E-state index < -0.39 is 6.04 Å². The van der Waals surface area contributed by atoms with Crippen LogP contribution in [0.4, 0.5) is 0 Å². The van der Waals surface area contributed by atoms with Crippen LogP contribution in [0, 0.1) is 13.8 Å². The van der Waals surface area contributed by atoms with Crippen LogP contribution in [0.2, 0.25) is 15.1 Å². The Balaban J connectivity index is 2.24. The number of carbonyl (C=O) groups excluding carboxylic acids is 2. The smallest absolute Gasteiger partial charge is 0.261 e. The zero-order chi connectivity index (χ0) is 23.1. The van der Waals surface area contributed by atoms with Crippen molar-refractivity contribution in [2.24, 2.45) is 0 Å². The molecule has 0 bridgehead atoms. The molecule has 5 nitrogen and oxygen atoms in total. The molecule has 1 N–H and O–H groups in total. The molecule has 31 heavy (non-hydrogen) atoms. The van der Waals surface area contributed by atoms with Crippen molar-refractivity contribution in [3.05, 3.63) is 62.1 Å². The van der Waals surface area contributed by atoms with Crippen LogP contribution in [0.25, 0.3) is 0 Å². The molecule has 168 valence electrons. The predicted molar refractivity (Wildman–Crippen MR) is 126 cm³/mol. The second kappa shape index (κ2) is 11.6.